The molecule has 3 aromatic rings. The van der Waals surface area contributed by atoms with E-state index < -0.39 is 12.1 Å². The summed E-state index contributed by atoms with van der Waals surface area (Å²) in [5.41, 5.74) is 2.54. The number of carboxylic acid groups (broad SMARTS) is 1. The van der Waals surface area contributed by atoms with Crippen molar-refractivity contribution in [2.75, 3.05) is 6.54 Å². The smallest absolute Gasteiger partial charge is 0.335 e. The van der Waals surface area contributed by atoms with Gasteiger partial charge in [0.2, 0.25) is 0 Å². The fourth-order valence-corrected chi connectivity index (χ4v) is 3.42. The molecule has 0 aromatic heterocycles. The summed E-state index contributed by atoms with van der Waals surface area (Å²) in [6.45, 7) is 4.77. The normalized spacial score (nSPS) is 12.4. The average molecular weight is 420 g/mol. The Bertz CT molecular complexity index is 987. The third-order valence-electron chi connectivity index (χ3n) is 5.07. The summed E-state index contributed by atoms with van der Waals surface area (Å²) in [6.07, 6.45) is -0.0605. The molecule has 0 fully saturated rings. The molecule has 0 spiro atoms. The molecule has 0 bridgehead atoms. The van der Waals surface area contributed by atoms with Gasteiger partial charge in [-0.1, -0.05) is 60.7 Å². The van der Waals surface area contributed by atoms with Crippen LogP contribution in [0.4, 0.5) is 0 Å². The number of aromatic carboxylic acids is 1. The zero-order valence-electron chi connectivity index (χ0n) is 17.9. The van der Waals surface area contributed by atoms with E-state index in [0.29, 0.717) is 24.5 Å². The largest absolute Gasteiger partial charge is 0.489 e. The Labute approximate surface area is 183 Å². The molecule has 3 N–H and O–H groups in total. The molecule has 31 heavy (non-hydrogen) atoms. The van der Waals surface area contributed by atoms with E-state index in [-0.39, 0.29) is 11.1 Å². The van der Waals surface area contributed by atoms with Gasteiger partial charge >= 0.3 is 5.97 Å². The highest BCUT2D eigenvalue weighted by molar-refractivity contribution is 5.88. The van der Waals surface area contributed by atoms with Gasteiger partial charge in [0.1, 0.15) is 12.4 Å². The van der Waals surface area contributed by atoms with Crippen LogP contribution in [0.1, 0.15) is 47.0 Å². The van der Waals surface area contributed by atoms with Crippen molar-refractivity contribution in [2.45, 2.75) is 38.5 Å². The van der Waals surface area contributed by atoms with Gasteiger partial charge in [-0.3, -0.25) is 0 Å². The van der Waals surface area contributed by atoms with E-state index in [1.807, 2.05) is 48.5 Å². The second-order valence-electron chi connectivity index (χ2n) is 8.31. The van der Waals surface area contributed by atoms with Gasteiger partial charge in [0.05, 0.1) is 11.7 Å². The number of hydrogen-bond acceptors (Lipinski definition) is 4. The third-order valence-corrected chi connectivity index (χ3v) is 5.07. The van der Waals surface area contributed by atoms with E-state index >= 15 is 0 Å². The lowest BCUT2D eigenvalue weighted by atomic mass is 9.94. The van der Waals surface area contributed by atoms with Gasteiger partial charge in [-0.05, 0) is 55.2 Å². The van der Waals surface area contributed by atoms with Gasteiger partial charge in [-0.25, -0.2) is 4.79 Å². The molecule has 0 amide bonds. The summed E-state index contributed by atoms with van der Waals surface area (Å²) >= 11 is 0. The SMILES string of the molecule is CC(C)(Cc1ccccc1)NCC(O)c1cc(OCc2ccccc2)cc(C(=O)O)c1. The fourth-order valence-electron chi connectivity index (χ4n) is 3.42. The van der Waals surface area contributed by atoms with Crippen LogP contribution >= 0.6 is 0 Å². The molecular weight excluding hydrogens is 390 g/mol. The van der Waals surface area contributed by atoms with Crippen LogP contribution < -0.4 is 10.1 Å². The first-order chi connectivity index (χ1) is 14.8. The predicted molar refractivity (Wildman–Crippen MR) is 121 cm³/mol. The van der Waals surface area contributed by atoms with Crippen LogP contribution in [0.2, 0.25) is 0 Å². The molecule has 0 saturated heterocycles. The lowest BCUT2D eigenvalue weighted by Crippen LogP contribution is -2.43. The van der Waals surface area contributed by atoms with Crippen molar-refractivity contribution in [2.24, 2.45) is 0 Å². The monoisotopic (exact) mass is 419 g/mol. The minimum atomic E-state index is -1.06. The lowest BCUT2D eigenvalue weighted by Gasteiger charge is -2.28. The summed E-state index contributed by atoms with van der Waals surface area (Å²) in [5, 5.41) is 23.6. The zero-order chi connectivity index (χ0) is 22.3. The molecular formula is C26H29NO4. The minimum Gasteiger partial charge on any atom is -0.489 e. The van der Waals surface area contributed by atoms with Gasteiger partial charge in [0.15, 0.2) is 0 Å². The quantitative estimate of drug-likeness (QED) is 0.447. The number of ether oxygens (including phenoxy) is 1. The fraction of sp³-hybridized carbons (Fsp3) is 0.269. The van der Waals surface area contributed by atoms with Gasteiger partial charge in [-0.15, -0.1) is 0 Å². The average Bonchev–Trinajstić information content (AvgIpc) is 2.77. The van der Waals surface area contributed by atoms with E-state index in [1.165, 1.54) is 17.7 Å². The van der Waals surface area contributed by atoms with Gasteiger partial charge in [0.25, 0.3) is 0 Å². The topological polar surface area (TPSA) is 78.8 Å². The second kappa shape index (κ2) is 10.2. The van der Waals surface area contributed by atoms with Crippen molar-refractivity contribution >= 4 is 5.97 Å². The van der Waals surface area contributed by atoms with Crippen molar-refractivity contribution < 1.29 is 19.7 Å². The molecule has 1 atom stereocenters. The van der Waals surface area contributed by atoms with Crippen molar-refractivity contribution in [3.8, 4) is 5.75 Å². The van der Waals surface area contributed by atoms with Crippen LogP contribution in [0.15, 0.2) is 78.9 Å². The van der Waals surface area contributed by atoms with E-state index in [0.717, 1.165) is 12.0 Å². The number of rotatable bonds is 10. The maximum Gasteiger partial charge on any atom is 0.335 e. The maximum absolute atomic E-state index is 11.6. The molecule has 3 aromatic carbocycles. The molecule has 0 aliphatic heterocycles. The maximum atomic E-state index is 11.6. The molecule has 0 aliphatic rings. The standard InChI is InChI=1S/C26H29NO4/c1-26(2,16-19-9-5-3-6-10-19)27-17-24(28)21-13-22(25(29)30)15-23(14-21)31-18-20-11-7-4-8-12-20/h3-15,24,27-28H,16-18H2,1-2H3,(H,29,30). The summed E-state index contributed by atoms with van der Waals surface area (Å²) in [4.78, 5) is 11.6. The van der Waals surface area contributed by atoms with Gasteiger partial charge < -0.3 is 20.3 Å². The number of nitrogens with one attached hydrogen (secondary N) is 1. The first kappa shape index (κ1) is 22.5. The Balaban J connectivity index is 1.68. The number of carboxylic acids is 1. The highest BCUT2D eigenvalue weighted by Crippen LogP contribution is 2.24. The van der Waals surface area contributed by atoms with Crippen molar-refractivity contribution in [3.05, 3.63) is 101 Å². The summed E-state index contributed by atoms with van der Waals surface area (Å²) in [6, 6.07) is 24.5. The molecule has 162 valence electrons. The summed E-state index contributed by atoms with van der Waals surface area (Å²) in [7, 11) is 0. The molecule has 5 nitrogen and oxygen atoms in total. The number of hydrogen-bond donors (Lipinski definition) is 3. The number of aliphatic hydroxyl groups excluding tert-OH is 1. The highest BCUT2D eigenvalue weighted by Gasteiger charge is 2.21. The van der Waals surface area contributed by atoms with E-state index in [4.69, 9.17) is 4.74 Å². The molecule has 3 rings (SSSR count). The Morgan fingerprint density at radius 3 is 2.19 bits per heavy atom. The van der Waals surface area contributed by atoms with E-state index in [1.54, 1.807) is 6.07 Å². The first-order valence-corrected chi connectivity index (χ1v) is 10.3. The molecule has 0 heterocycles. The van der Waals surface area contributed by atoms with Crippen LogP contribution in [-0.2, 0) is 13.0 Å². The first-order valence-electron chi connectivity index (χ1n) is 10.3. The van der Waals surface area contributed by atoms with E-state index in [2.05, 4.69) is 31.3 Å². The predicted octanol–water partition coefficient (Wildman–Crippen LogP) is 4.61. The van der Waals surface area contributed by atoms with Crippen LogP contribution in [-0.4, -0.2) is 28.3 Å². The molecule has 5 heteroatoms. The Hall–Kier alpha value is -3.15. The lowest BCUT2D eigenvalue weighted by molar-refractivity contribution is 0.0695. The Morgan fingerprint density at radius 2 is 1.58 bits per heavy atom. The molecule has 0 saturated carbocycles. The van der Waals surface area contributed by atoms with Crippen LogP contribution in [0.25, 0.3) is 0 Å². The highest BCUT2D eigenvalue weighted by atomic mass is 16.5. The number of β-amino-alcohol motifs (C(OH)–C–C–N with tert-alkyl or cyclic N) is 1. The molecule has 1 unspecified atom stereocenters. The van der Waals surface area contributed by atoms with Gasteiger partial charge in [0, 0.05) is 12.1 Å². The van der Waals surface area contributed by atoms with Crippen molar-refractivity contribution in [1.82, 2.24) is 5.32 Å². The second-order valence-corrected chi connectivity index (χ2v) is 8.31. The molecule has 0 radical (unpaired) electrons. The van der Waals surface area contributed by atoms with Crippen LogP contribution in [0.5, 0.6) is 5.75 Å². The summed E-state index contributed by atoms with van der Waals surface area (Å²) < 4.78 is 5.80. The summed E-state index contributed by atoms with van der Waals surface area (Å²) in [5.74, 6) is -0.641. The van der Waals surface area contributed by atoms with Crippen molar-refractivity contribution in [3.63, 3.8) is 0 Å². The Kier molecular flexibility index (Phi) is 7.45. The number of benzene rings is 3. The number of carbonyl (C=O) groups is 1. The van der Waals surface area contributed by atoms with Crippen molar-refractivity contribution in [1.29, 1.82) is 0 Å². The van der Waals surface area contributed by atoms with Crippen LogP contribution in [0, 0.1) is 0 Å². The number of aliphatic hydroxyl groups is 1. The van der Waals surface area contributed by atoms with Crippen LogP contribution in [0.3, 0.4) is 0 Å². The zero-order valence-corrected chi connectivity index (χ0v) is 17.9. The minimum absolute atomic E-state index is 0.0863. The molecule has 0 aliphatic carbocycles. The Morgan fingerprint density at radius 1 is 0.968 bits per heavy atom. The van der Waals surface area contributed by atoms with E-state index in [9.17, 15) is 15.0 Å². The van der Waals surface area contributed by atoms with Gasteiger partial charge in [-0.2, -0.15) is 0 Å². The third kappa shape index (κ3) is 6.95.